The van der Waals surface area contributed by atoms with Crippen molar-refractivity contribution in [3.05, 3.63) is 48.5 Å². The highest BCUT2D eigenvalue weighted by molar-refractivity contribution is 5.89. The lowest BCUT2D eigenvalue weighted by molar-refractivity contribution is -0.0509. The molecule has 146 valence electrons. The number of rotatable bonds is 5. The predicted octanol–water partition coefficient (Wildman–Crippen LogP) is 1.40. The maximum Gasteiger partial charge on any atom is 0.338 e. The van der Waals surface area contributed by atoms with E-state index in [4.69, 9.17) is 9.47 Å². The monoisotopic (exact) mass is 383 g/mol. The summed E-state index contributed by atoms with van der Waals surface area (Å²) in [5, 5.41) is 10.4. The fourth-order valence-corrected chi connectivity index (χ4v) is 3.23. The molecule has 0 amide bonds. The number of anilines is 1. The van der Waals surface area contributed by atoms with E-state index in [0.717, 1.165) is 0 Å². The number of hydrogen-bond acceptors (Lipinski definition) is 8. The molecule has 0 saturated carbocycles. The van der Waals surface area contributed by atoms with Crippen LogP contribution in [0.5, 0.6) is 0 Å². The molecule has 1 N–H and O–H groups in total. The smallest absolute Gasteiger partial charge is 0.338 e. The Morgan fingerprint density at radius 1 is 1.29 bits per heavy atom. The number of nitrogens with zero attached hydrogens (tertiary/aromatic N) is 5. The third-order valence-corrected chi connectivity index (χ3v) is 4.67. The molecule has 3 heterocycles. The summed E-state index contributed by atoms with van der Waals surface area (Å²) in [5.41, 5.74) is 1.74. The lowest BCUT2D eigenvalue weighted by Crippen LogP contribution is -2.28. The van der Waals surface area contributed by atoms with E-state index in [0.29, 0.717) is 29.0 Å². The van der Waals surface area contributed by atoms with Gasteiger partial charge in [0.15, 0.2) is 17.0 Å². The number of aromatic nitrogens is 4. The average molecular weight is 383 g/mol. The third-order valence-electron chi connectivity index (χ3n) is 4.67. The molecular formula is C19H21N5O4. The van der Waals surface area contributed by atoms with E-state index in [2.05, 4.69) is 15.0 Å². The van der Waals surface area contributed by atoms with Crippen molar-refractivity contribution in [1.82, 2.24) is 19.5 Å². The number of esters is 1. The highest BCUT2D eigenvalue weighted by atomic mass is 16.6. The van der Waals surface area contributed by atoms with Crippen LogP contribution in [0.1, 0.15) is 23.0 Å². The Morgan fingerprint density at radius 2 is 2.07 bits per heavy atom. The number of benzene rings is 1. The van der Waals surface area contributed by atoms with E-state index >= 15 is 0 Å². The van der Waals surface area contributed by atoms with Gasteiger partial charge in [-0.3, -0.25) is 4.57 Å². The number of ether oxygens (including phenoxy) is 2. The number of aliphatic hydroxyl groups is 1. The molecule has 0 bridgehead atoms. The zero-order valence-electron chi connectivity index (χ0n) is 15.6. The van der Waals surface area contributed by atoms with Crippen LogP contribution in [0, 0.1) is 0 Å². The topological polar surface area (TPSA) is 103 Å². The fraction of sp³-hybridized carbons (Fsp3) is 0.368. The highest BCUT2D eigenvalue weighted by Gasteiger charge is 2.36. The first-order chi connectivity index (χ1) is 13.5. The number of carbonyl (C=O) groups is 1. The number of carbonyl (C=O) groups excluding carboxylic acids is 1. The van der Waals surface area contributed by atoms with Gasteiger partial charge in [0.1, 0.15) is 25.3 Å². The zero-order chi connectivity index (χ0) is 19.7. The largest absolute Gasteiger partial charge is 0.459 e. The fourth-order valence-electron chi connectivity index (χ4n) is 3.23. The van der Waals surface area contributed by atoms with Crippen molar-refractivity contribution in [2.24, 2.45) is 0 Å². The predicted molar refractivity (Wildman–Crippen MR) is 101 cm³/mol. The number of aliphatic hydroxyl groups excluding tert-OH is 1. The Hall–Kier alpha value is -3.04. The van der Waals surface area contributed by atoms with E-state index in [-0.39, 0.29) is 6.61 Å². The zero-order valence-corrected chi connectivity index (χ0v) is 15.6. The van der Waals surface area contributed by atoms with E-state index in [9.17, 15) is 9.90 Å². The van der Waals surface area contributed by atoms with Crippen LogP contribution < -0.4 is 4.90 Å². The first kappa shape index (κ1) is 18.3. The van der Waals surface area contributed by atoms with Gasteiger partial charge in [-0.25, -0.2) is 19.7 Å². The lowest BCUT2D eigenvalue weighted by Gasteiger charge is -2.16. The summed E-state index contributed by atoms with van der Waals surface area (Å²) in [7, 11) is 3.77. The lowest BCUT2D eigenvalue weighted by atomic mass is 10.2. The molecule has 1 fully saturated rings. The van der Waals surface area contributed by atoms with Crippen molar-refractivity contribution in [3.8, 4) is 0 Å². The number of hydrogen-bond donors (Lipinski definition) is 1. The van der Waals surface area contributed by atoms with Crippen LogP contribution >= 0.6 is 0 Å². The van der Waals surface area contributed by atoms with Gasteiger partial charge in [0.2, 0.25) is 0 Å². The summed E-state index contributed by atoms with van der Waals surface area (Å²) in [6.07, 6.45) is 1.61. The second kappa shape index (κ2) is 7.53. The Bertz CT molecular complexity index is 975. The second-order valence-electron chi connectivity index (χ2n) is 6.81. The normalized spacial score (nSPS) is 21.8. The Balaban J connectivity index is 1.46. The van der Waals surface area contributed by atoms with Crippen LogP contribution in [0.4, 0.5) is 5.82 Å². The van der Waals surface area contributed by atoms with Gasteiger partial charge < -0.3 is 19.5 Å². The molecular weight excluding hydrogens is 362 g/mol. The molecule has 2 aromatic heterocycles. The van der Waals surface area contributed by atoms with E-state index in [1.54, 1.807) is 35.2 Å². The summed E-state index contributed by atoms with van der Waals surface area (Å²) < 4.78 is 13.0. The van der Waals surface area contributed by atoms with Crippen LogP contribution in [-0.4, -0.2) is 63.5 Å². The molecule has 0 spiro atoms. The Morgan fingerprint density at radius 3 is 2.82 bits per heavy atom. The first-order valence-electron chi connectivity index (χ1n) is 8.95. The van der Waals surface area contributed by atoms with Crippen molar-refractivity contribution in [2.45, 2.75) is 24.9 Å². The maximum atomic E-state index is 12.1. The van der Waals surface area contributed by atoms with Gasteiger partial charge in [-0.05, 0) is 12.1 Å². The molecule has 0 aliphatic carbocycles. The average Bonchev–Trinajstić information content (AvgIpc) is 3.29. The minimum absolute atomic E-state index is 0.0318. The van der Waals surface area contributed by atoms with E-state index < -0.39 is 24.4 Å². The molecule has 1 aliphatic heterocycles. The summed E-state index contributed by atoms with van der Waals surface area (Å²) in [4.78, 5) is 26.9. The number of fused-ring (bicyclic) bond motifs is 1. The molecule has 1 saturated heterocycles. The van der Waals surface area contributed by atoms with Crippen molar-refractivity contribution in [1.29, 1.82) is 0 Å². The second-order valence-corrected chi connectivity index (χ2v) is 6.81. The van der Waals surface area contributed by atoms with E-state index in [1.807, 2.05) is 25.1 Å². The minimum atomic E-state index is -0.763. The van der Waals surface area contributed by atoms with Crippen LogP contribution in [0.3, 0.4) is 0 Å². The molecule has 28 heavy (non-hydrogen) atoms. The van der Waals surface area contributed by atoms with Crippen molar-refractivity contribution < 1.29 is 19.4 Å². The quantitative estimate of drug-likeness (QED) is 0.660. The van der Waals surface area contributed by atoms with Gasteiger partial charge in [0.05, 0.1) is 18.0 Å². The van der Waals surface area contributed by atoms with Crippen LogP contribution in [0.25, 0.3) is 11.2 Å². The van der Waals surface area contributed by atoms with Gasteiger partial charge in [-0.1, -0.05) is 18.2 Å². The van der Waals surface area contributed by atoms with Crippen molar-refractivity contribution in [3.63, 3.8) is 0 Å². The summed E-state index contributed by atoms with van der Waals surface area (Å²) in [6, 6.07) is 8.71. The van der Waals surface area contributed by atoms with Gasteiger partial charge in [-0.15, -0.1) is 0 Å². The molecule has 1 aliphatic rings. The SMILES string of the molecule is CN(C)c1ncnc2c1ncn2[C@H]1C[C@H](O)[C@@H](COC(=O)c2ccccc2)O1. The highest BCUT2D eigenvalue weighted by Crippen LogP contribution is 2.32. The van der Waals surface area contributed by atoms with Gasteiger partial charge in [0, 0.05) is 20.5 Å². The summed E-state index contributed by atoms with van der Waals surface area (Å²) in [5.74, 6) is 0.256. The van der Waals surface area contributed by atoms with Gasteiger partial charge >= 0.3 is 5.97 Å². The molecule has 3 atom stereocenters. The molecule has 0 unspecified atom stereocenters. The van der Waals surface area contributed by atoms with E-state index in [1.165, 1.54) is 6.33 Å². The molecule has 9 nitrogen and oxygen atoms in total. The third kappa shape index (κ3) is 3.41. The molecule has 9 heteroatoms. The molecule has 4 rings (SSSR count). The number of imidazole rings is 1. The van der Waals surface area contributed by atoms with Crippen molar-refractivity contribution >= 4 is 23.0 Å². The van der Waals surface area contributed by atoms with Crippen LogP contribution in [0.2, 0.25) is 0 Å². The Kier molecular flexibility index (Phi) is 4.93. The Labute approximate surface area is 161 Å². The van der Waals surface area contributed by atoms with Crippen molar-refractivity contribution in [2.75, 3.05) is 25.6 Å². The molecule has 0 radical (unpaired) electrons. The maximum absolute atomic E-state index is 12.1. The van der Waals surface area contributed by atoms with Gasteiger partial charge in [0.25, 0.3) is 0 Å². The van der Waals surface area contributed by atoms with Gasteiger partial charge in [-0.2, -0.15) is 0 Å². The standard InChI is InChI=1S/C19H21N5O4/c1-23(2)17-16-18(21-10-20-17)24(11-22-16)15-8-13(25)14(28-15)9-27-19(26)12-6-4-3-5-7-12/h3-7,10-11,13-15,25H,8-9H2,1-2H3/t13-,14+,15+/m0/s1. The van der Waals surface area contributed by atoms with Crippen LogP contribution in [0.15, 0.2) is 43.0 Å². The summed E-state index contributed by atoms with van der Waals surface area (Å²) in [6.45, 7) is -0.0318. The molecule has 1 aromatic carbocycles. The van der Waals surface area contributed by atoms with Crippen LogP contribution in [-0.2, 0) is 9.47 Å². The minimum Gasteiger partial charge on any atom is -0.459 e. The summed E-state index contributed by atoms with van der Waals surface area (Å²) >= 11 is 0. The first-order valence-corrected chi connectivity index (χ1v) is 8.95. The molecule has 3 aromatic rings.